The van der Waals surface area contributed by atoms with Gasteiger partial charge in [-0.2, -0.15) is 0 Å². The Hall–Kier alpha value is -2.26. The van der Waals surface area contributed by atoms with Gasteiger partial charge in [-0.3, -0.25) is 4.98 Å². The molecule has 0 fully saturated rings. The minimum Gasteiger partial charge on any atom is -0.399 e. The molecular formula is C16H14ClN3. The van der Waals surface area contributed by atoms with Crippen molar-refractivity contribution in [1.82, 2.24) is 4.98 Å². The highest BCUT2D eigenvalue weighted by molar-refractivity contribution is 6.35. The summed E-state index contributed by atoms with van der Waals surface area (Å²) in [5.41, 5.74) is 10.4. The van der Waals surface area contributed by atoms with E-state index in [4.69, 9.17) is 17.3 Å². The summed E-state index contributed by atoms with van der Waals surface area (Å²) in [5, 5.41) is 4.98. The van der Waals surface area contributed by atoms with Crippen LogP contribution in [-0.2, 0) is 0 Å². The molecule has 1 heterocycles. The lowest BCUT2D eigenvalue weighted by atomic mass is 10.1. The van der Waals surface area contributed by atoms with E-state index >= 15 is 0 Å². The lowest BCUT2D eigenvalue weighted by Gasteiger charge is -2.11. The molecule has 2 aromatic carbocycles. The first-order valence-electron chi connectivity index (χ1n) is 6.31. The van der Waals surface area contributed by atoms with Crippen LogP contribution in [0.25, 0.3) is 10.9 Å². The maximum absolute atomic E-state index is 6.19. The number of rotatable bonds is 2. The molecule has 3 rings (SSSR count). The second-order valence-corrected chi connectivity index (χ2v) is 5.16. The molecule has 1 aromatic heterocycles. The van der Waals surface area contributed by atoms with Crippen molar-refractivity contribution in [3.63, 3.8) is 0 Å². The van der Waals surface area contributed by atoms with Gasteiger partial charge in [0.15, 0.2) is 0 Å². The molecule has 100 valence electrons. The third-order valence-corrected chi connectivity index (χ3v) is 3.42. The van der Waals surface area contributed by atoms with E-state index in [0.717, 1.165) is 33.5 Å². The maximum atomic E-state index is 6.19. The van der Waals surface area contributed by atoms with Gasteiger partial charge < -0.3 is 11.1 Å². The van der Waals surface area contributed by atoms with Crippen LogP contribution in [0.2, 0.25) is 5.02 Å². The summed E-state index contributed by atoms with van der Waals surface area (Å²) < 4.78 is 0. The predicted octanol–water partition coefficient (Wildman–Crippen LogP) is 4.52. The van der Waals surface area contributed by atoms with E-state index in [9.17, 15) is 0 Å². The second-order valence-electron chi connectivity index (χ2n) is 4.75. The van der Waals surface area contributed by atoms with E-state index in [-0.39, 0.29) is 0 Å². The molecule has 0 saturated carbocycles. The fraction of sp³-hybridized carbons (Fsp3) is 0.0625. The number of aromatic nitrogens is 1. The molecule has 4 heteroatoms. The SMILES string of the molecule is Cc1cc(N)cc(Nc2ccc(Cl)c3cccnc23)c1. The maximum Gasteiger partial charge on any atom is 0.0951 e. The van der Waals surface area contributed by atoms with Crippen molar-refractivity contribution in [3.8, 4) is 0 Å². The number of nitrogen functional groups attached to an aromatic ring is 1. The van der Waals surface area contributed by atoms with Crippen molar-refractivity contribution < 1.29 is 0 Å². The number of nitrogens with zero attached hydrogens (tertiary/aromatic N) is 1. The first-order chi connectivity index (χ1) is 9.63. The number of fused-ring (bicyclic) bond motifs is 1. The van der Waals surface area contributed by atoms with Crippen molar-refractivity contribution in [2.45, 2.75) is 6.92 Å². The Balaban J connectivity index is 2.09. The molecule has 0 aliphatic heterocycles. The normalized spacial score (nSPS) is 10.7. The van der Waals surface area contributed by atoms with E-state index < -0.39 is 0 Å². The topological polar surface area (TPSA) is 50.9 Å². The van der Waals surface area contributed by atoms with Crippen LogP contribution in [0.4, 0.5) is 17.1 Å². The molecular weight excluding hydrogens is 270 g/mol. The number of pyridine rings is 1. The lowest BCUT2D eigenvalue weighted by molar-refractivity contribution is 1.40. The van der Waals surface area contributed by atoms with Crippen LogP contribution in [0, 0.1) is 6.92 Å². The highest BCUT2D eigenvalue weighted by atomic mass is 35.5. The van der Waals surface area contributed by atoms with Crippen LogP contribution < -0.4 is 11.1 Å². The van der Waals surface area contributed by atoms with Gasteiger partial charge in [-0.05, 0) is 55.0 Å². The van der Waals surface area contributed by atoms with Crippen molar-refractivity contribution in [2.24, 2.45) is 0 Å². The molecule has 0 amide bonds. The standard InChI is InChI=1S/C16H14ClN3/c1-10-7-11(18)9-12(8-10)20-15-5-4-14(17)13-3-2-6-19-16(13)15/h2-9,20H,18H2,1H3. The fourth-order valence-corrected chi connectivity index (χ4v) is 2.49. The zero-order chi connectivity index (χ0) is 14.1. The van der Waals surface area contributed by atoms with Crippen LogP contribution in [0.3, 0.4) is 0 Å². The molecule has 0 radical (unpaired) electrons. The minimum absolute atomic E-state index is 0.697. The van der Waals surface area contributed by atoms with E-state index in [1.54, 1.807) is 6.20 Å². The number of nitrogens with two attached hydrogens (primary N) is 1. The van der Waals surface area contributed by atoms with Crippen LogP contribution in [0.5, 0.6) is 0 Å². The smallest absolute Gasteiger partial charge is 0.0951 e. The average Bonchev–Trinajstić information content (AvgIpc) is 2.41. The van der Waals surface area contributed by atoms with Gasteiger partial charge in [0.25, 0.3) is 0 Å². The Kier molecular flexibility index (Phi) is 3.20. The summed E-state index contributed by atoms with van der Waals surface area (Å²) in [6.07, 6.45) is 1.76. The van der Waals surface area contributed by atoms with Crippen molar-refractivity contribution in [2.75, 3.05) is 11.1 Å². The second kappa shape index (κ2) is 5.02. The van der Waals surface area contributed by atoms with Crippen LogP contribution >= 0.6 is 11.6 Å². The molecule has 0 aliphatic carbocycles. The molecule has 0 saturated heterocycles. The van der Waals surface area contributed by atoms with Crippen LogP contribution in [-0.4, -0.2) is 4.98 Å². The quantitative estimate of drug-likeness (QED) is 0.680. The molecule has 3 aromatic rings. The minimum atomic E-state index is 0.697. The summed E-state index contributed by atoms with van der Waals surface area (Å²) >= 11 is 6.19. The van der Waals surface area contributed by atoms with Gasteiger partial charge in [-0.1, -0.05) is 11.6 Å². The number of anilines is 3. The lowest BCUT2D eigenvalue weighted by Crippen LogP contribution is -1.95. The van der Waals surface area contributed by atoms with Crippen LogP contribution in [0.1, 0.15) is 5.56 Å². The highest BCUT2D eigenvalue weighted by Crippen LogP contribution is 2.30. The molecule has 0 aliphatic rings. The molecule has 3 N–H and O–H groups in total. The number of nitrogens with one attached hydrogen (secondary N) is 1. The van der Waals surface area contributed by atoms with Gasteiger partial charge in [0.1, 0.15) is 0 Å². The first-order valence-corrected chi connectivity index (χ1v) is 6.69. The number of hydrogen-bond donors (Lipinski definition) is 2. The summed E-state index contributed by atoms with van der Waals surface area (Å²) in [6.45, 7) is 2.01. The third-order valence-electron chi connectivity index (χ3n) is 3.10. The Morgan fingerprint density at radius 1 is 1.15 bits per heavy atom. The number of halogens is 1. The monoisotopic (exact) mass is 283 g/mol. The molecule has 0 unspecified atom stereocenters. The molecule has 0 bridgehead atoms. The predicted molar refractivity (Wildman–Crippen MR) is 85.6 cm³/mol. The van der Waals surface area contributed by atoms with E-state index in [0.29, 0.717) is 5.02 Å². The summed E-state index contributed by atoms with van der Waals surface area (Å²) in [6, 6.07) is 13.5. The average molecular weight is 284 g/mol. The Morgan fingerprint density at radius 2 is 2.00 bits per heavy atom. The molecule has 0 atom stereocenters. The van der Waals surface area contributed by atoms with Crippen LogP contribution in [0.15, 0.2) is 48.7 Å². The van der Waals surface area contributed by atoms with Crippen molar-refractivity contribution in [1.29, 1.82) is 0 Å². The fourth-order valence-electron chi connectivity index (χ4n) is 2.28. The summed E-state index contributed by atoms with van der Waals surface area (Å²) in [5.74, 6) is 0. The molecule has 3 nitrogen and oxygen atoms in total. The van der Waals surface area contributed by atoms with E-state index in [1.807, 2.05) is 49.4 Å². The Bertz CT molecular complexity index is 764. The zero-order valence-electron chi connectivity index (χ0n) is 11.0. The summed E-state index contributed by atoms with van der Waals surface area (Å²) in [7, 11) is 0. The van der Waals surface area contributed by atoms with Gasteiger partial charge in [0, 0.05) is 23.0 Å². The van der Waals surface area contributed by atoms with E-state index in [2.05, 4.69) is 10.3 Å². The first kappa shape index (κ1) is 12.8. The number of benzene rings is 2. The molecule has 0 spiro atoms. The van der Waals surface area contributed by atoms with Gasteiger partial charge in [0.2, 0.25) is 0 Å². The number of aryl methyl sites for hydroxylation is 1. The number of hydrogen-bond acceptors (Lipinski definition) is 3. The van der Waals surface area contributed by atoms with Crippen molar-refractivity contribution in [3.05, 3.63) is 59.2 Å². The molecule has 20 heavy (non-hydrogen) atoms. The van der Waals surface area contributed by atoms with E-state index in [1.165, 1.54) is 0 Å². The largest absolute Gasteiger partial charge is 0.399 e. The van der Waals surface area contributed by atoms with Crippen molar-refractivity contribution >= 4 is 39.6 Å². The van der Waals surface area contributed by atoms with Gasteiger partial charge in [-0.25, -0.2) is 0 Å². The Labute approximate surface area is 122 Å². The zero-order valence-corrected chi connectivity index (χ0v) is 11.8. The Morgan fingerprint density at radius 3 is 2.80 bits per heavy atom. The van der Waals surface area contributed by atoms with Gasteiger partial charge >= 0.3 is 0 Å². The summed E-state index contributed by atoms with van der Waals surface area (Å²) in [4.78, 5) is 4.40. The van der Waals surface area contributed by atoms with Gasteiger partial charge in [-0.15, -0.1) is 0 Å². The third kappa shape index (κ3) is 2.40. The highest BCUT2D eigenvalue weighted by Gasteiger charge is 2.06. The van der Waals surface area contributed by atoms with Gasteiger partial charge in [0.05, 0.1) is 16.2 Å².